The highest BCUT2D eigenvalue weighted by Crippen LogP contribution is 2.21. The Kier molecular flexibility index (Phi) is 4.53. The van der Waals surface area contributed by atoms with Crippen LogP contribution in [0, 0.1) is 0 Å². The highest BCUT2D eigenvalue weighted by Gasteiger charge is 2.10. The second-order valence-corrected chi connectivity index (χ2v) is 5.03. The molecule has 0 saturated carbocycles. The van der Waals surface area contributed by atoms with Gasteiger partial charge in [-0.15, -0.1) is 5.16 Å². The van der Waals surface area contributed by atoms with Crippen molar-refractivity contribution in [2.75, 3.05) is 0 Å². The molecule has 0 fully saturated rings. The zero-order valence-electron chi connectivity index (χ0n) is 9.83. The van der Waals surface area contributed by atoms with Gasteiger partial charge in [-0.1, -0.05) is 58.4 Å². The molecule has 1 unspecified atom stereocenters. The molecule has 1 N–H and O–H groups in total. The van der Waals surface area contributed by atoms with Crippen molar-refractivity contribution in [2.24, 2.45) is 5.16 Å². The minimum atomic E-state index is 0.0884. The molecule has 2 rings (SSSR count). The molecule has 18 heavy (non-hydrogen) atoms. The molecule has 0 amide bonds. The van der Waals surface area contributed by atoms with Crippen LogP contribution in [0.2, 0.25) is 0 Å². The van der Waals surface area contributed by atoms with Gasteiger partial charge in [0.1, 0.15) is 0 Å². The van der Waals surface area contributed by atoms with Gasteiger partial charge in [-0.2, -0.15) is 0 Å². The molecule has 2 aromatic carbocycles. The number of halogens is 1. The van der Waals surface area contributed by atoms with Crippen LogP contribution in [0.1, 0.15) is 17.0 Å². The second kappa shape index (κ2) is 6.36. The van der Waals surface area contributed by atoms with Gasteiger partial charge >= 0.3 is 0 Å². The van der Waals surface area contributed by atoms with E-state index < -0.39 is 0 Å². The van der Waals surface area contributed by atoms with Crippen LogP contribution in [0.25, 0.3) is 0 Å². The quantitative estimate of drug-likeness (QED) is 0.511. The lowest BCUT2D eigenvalue weighted by Crippen LogP contribution is -2.04. The van der Waals surface area contributed by atoms with Crippen molar-refractivity contribution in [3.63, 3.8) is 0 Å². The van der Waals surface area contributed by atoms with Gasteiger partial charge in [0, 0.05) is 10.4 Å². The third-order valence-corrected chi connectivity index (χ3v) is 3.37. The first-order chi connectivity index (χ1) is 8.79. The van der Waals surface area contributed by atoms with E-state index in [1.807, 2.05) is 42.5 Å². The van der Waals surface area contributed by atoms with Gasteiger partial charge in [0.25, 0.3) is 0 Å². The first-order valence-electron chi connectivity index (χ1n) is 5.76. The average molecular weight is 304 g/mol. The molecule has 0 aliphatic carbocycles. The monoisotopic (exact) mass is 303 g/mol. The Balaban J connectivity index is 2.21. The molecule has 92 valence electrons. The molecule has 1 atom stereocenters. The van der Waals surface area contributed by atoms with E-state index in [-0.39, 0.29) is 5.92 Å². The van der Waals surface area contributed by atoms with Crippen molar-refractivity contribution in [2.45, 2.75) is 12.3 Å². The summed E-state index contributed by atoms with van der Waals surface area (Å²) in [5.41, 5.74) is 2.37. The molecule has 0 bridgehead atoms. The summed E-state index contributed by atoms with van der Waals surface area (Å²) in [6.07, 6.45) is 2.41. The Morgan fingerprint density at radius 3 is 2.33 bits per heavy atom. The molecule has 2 nitrogen and oxygen atoms in total. The van der Waals surface area contributed by atoms with Gasteiger partial charge in [0.15, 0.2) is 0 Å². The summed E-state index contributed by atoms with van der Waals surface area (Å²) >= 11 is 3.42. The van der Waals surface area contributed by atoms with E-state index in [0.29, 0.717) is 0 Å². The fraction of sp³-hybridized carbons (Fsp3) is 0.133. The third kappa shape index (κ3) is 3.44. The summed E-state index contributed by atoms with van der Waals surface area (Å²) in [6, 6.07) is 18.3. The highest BCUT2D eigenvalue weighted by atomic mass is 79.9. The van der Waals surface area contributed by atoms with E-state index in [1.54, 1.807) is 6.21 Å². The second-order valence-electron chi connectivity index (χ2n) is 4.11. The number of oxime groups is 1. The van der Waals surface area contributed by atoms with Crippen molar-refractivity contribution < 1.29 is 5.21 Å². The minimum absolute atomic E-state index is 0.0884. The smallest absolute Gasteiger partial charge is 0.0514 e. The van der Waals surface area contributed by atoms with E-state index in [9.17, 15) is 0 Å². The van der Waals surface area contributed by atoms with Crippen molar-refractivity contribution in [1.82, 2.24) is 0 Å². The average Bonchev–Trinajstić information content (AvgIpc) is 2.40. The first-order valence-corrected chi connectivity index (χ1v) is 6.56. The lowest BCUT2D eigenvalue weighted by Gasteiger charge is -2.12. The van der Waals surface area contributed by atoms with Gasteiger partial charge < -0.3 is 5.21 Å². The van der Waals surface area contributed by atoms with Crippen LogP contribution >= 0.6 is 15.9 Å². The maximum Gasteiger partial charge on any atom is 0.0514 e. The van der Waals surface area contributed by atoms with E-state index in [2.05, 4.69) is 33.2 Å². The lowest BCUT2D eigenvalue weighted by atomic mass is 9.93. The number of benzene rings is 2. The maximum atomic E-state index is 8.79. The Morgan fingerprint density at radius 2 is 1.72 bits per heavy atom. The Labute approximate surface area is 115 Å². The normalized spacial score (nSPS) is 12.7. The summed E-state index contributed by atoms with van der Waals surface area (Å²) in [5, 5.41) is 12.0. The molecule has 0 aliphatic heterocycles. The topological polar surface area (TPSA) is 32.6 Å². The molecule has 3 heteroatoms. The van der Waals surface area contributed by atoms with Gasteiger partial charge in [0.2, 0.25) is 0 Å². The molecule has 0 aliphatic rings. The zero-order chi connectivity index (χ0) is 12.8. The van der Waals surface area contributed by atoms with Crippen LogP contribution in [-0.2, 0) is 6.42 Å². The van der Waals surface area contributed by atoms with Crippen molar-refractivity contribution in [3.05, 3.63) is 70.2 Å². The summed E-state index contributed by atoms with van der Waals surface area (Å²) in [5.74, 6) is 0.0884. The Bertz CT molecular complexity index is 508. The van der Waals surface area contributed by atoms with Crippen LogP contribution in [0.5, 0.6) is 0 Å². The standard InChI is InChI=1S/C15H14BrNO/c16-15-8-6-13(7-9-15)14(11-17-18)10-12-4-2-1-3-5-12/h1-9,11,14,18H,10H2. The molecule has 2 aromatic rings. The van der Waals surface area contributed by atoms with E-state index in [0.717, 1.165) is 16.5 Å². The molecular weight excluding hydrogens is 290 g/mol. The predicted octanol–water partition coefficient (Wildman–Crippen LogP) is 4.24. The Morgan fingerprint density at radius 1 is 1.06 bits per heavy atom. The van der Waals surface area contributed by atoms with Crippen LogP contribution in [0.15, 0.2) is 64.2 Å². The fourth-order valence-corrected chi connectivity index (χ4v) is 2.18. The van der Waals surface area contributed by atoms with Crippen LogP contribution in [0.4, 0.5) is 0 Å². The summed E-state index contributed by atoms with van der Waals surface area (Å²) in [4.78, 5) is 0. The number of rotatable bonds is 4. The zero-order valence-corrected chi connectivity index (χ0v) is 11.4. The van der Waals surface area contributed by atoms with Crippen molar-refractivity contribution in [1.29, 1.82) is 0 Å². The molecule has 0 aromatic heterocycles. The van der Waals surface area contributed by atoms with E-state index in [4.69, 9.17) is 5.21 Å². The van der Waals surface area contributed by atoms with Gasteiger partial charge in [-0.25, -0.2) is 0 Å². The van der Waals surface area contributed by atoms with Crippen molar-refractivity contribution >= 4 is 22.1 Å². The first kappa shape index (κ1) is 12.8. The minimum Gasteiger partial charge on any atom is -0.411 e. The Hall–Kier alpha value is -1.61. The molecule has 0 saturated heterocycles. The van der Waals surface area contributed by atoms with Gasteiger partial charge in [0.05, 0.1) is 6.21 Å². The van der Waals surface area contributed by atoms with Crippen LogP contribution < -0.4 is 0 Å². The summed E-state index contributed by atoms with van der Waals surface area (Å²) < 4.78 is 1.05. The molecule has 0 radical (unpaired) electrons. The number of nitrogens with zero attached hydrogens (tertiary/aromatic N) is 1. The fourth-order valence-electron chi connectivity index (χ4n) is 1.92. The van der Waals surface area contributed by atoms with Gasteiger partial charge in [-0.05, 0) is 29.7 Å². The molecular formula is C15H14BrNO. The SMILES string of the molecule is ON=CC(Cc1ccccc1)c1ccc(Br)cc1. The maximum absolute atomic E-state index is 8.79. The van der Waals surface area contributed by atoms with Crippen molar-refractivity contribution in [3.8, 4) is 0 Å². The van der Waals surface area contributed by atoms with Crippen LogP contribution in [0.3, 0.4) is 0 Å². The number of hydrogen-bond acceptors (Lipinski definition) is 2. The lowest BCUT2D eigenvalue weighted by molar-refractivity contribution is 0.319. The summed E-state index contributed by atoms with van der Waals surface area (Å²) in [6.45, 7) is 0. The largest absolute Gasteiger partial charge is 0.411 e. The highest BCUT2D eigenvalue weighted by molar-refractivity contribution is 9.10. The number of hydrogen-bond donors (Lipinski definition) is 1. The summed E-state index contributed by atoms with van der Waals surface area (Å²) in [7, 11) is 0. The predicted molar refractivity (Wildman–Crippen MR) is 77.3 cm³/mol. The molecule has 0 spiro atoms. The van der Waals surface area contributed by atoms with Gasteiger partial charge in [-0.3, -0.25) is 0 Å². The third-order valence-electron chi connectivity index (χ3n) is 2.84. The van der Waals surface area contributed by atoms with E-state index >= 15 is 0 Å². The van der Waals surface area contributed by atoms with E-state index in [1.165, 1.54) is 5.56 Å². The van der Waals surface area contributed by atoms with Crippen LogP contribution in [-0.4, -0.2) is 11.4 Å². The molecule has 0 heterocycles.